The van der Waals surface area contributed by atoms with Gasteiger partial charge in [0.2, 0.25) is 17.6 Å². The third kappa shape index (κ3) is 6.78. The Morgan fingerprint density at radius 3 is 2.28 bits per heavy atom. The van der Waals surface area contributed by atoms with E-state index in [1.54, 1.807) is 20.8 Å². The number of fused-ring (bicyclic) bond motifs is 4. The van der Waals surface area contributed by atoms with E-state index in [2.05, 4.69) is 5.32 Å². The molecule has 2 aromatic rings. The van der Waals surface area contributed by atoms with Crippen molar-refractivity contribution in [3.05, 3.63) is 51.6 Å². The Bertz CT molecular complexity index is 2090. The highest BCUT2D eigenvalue weighted by Crippen LogP contribution is 2.52. The molecule has 18 heteroatoms. The van der Waals surface area contributed by atoms with Gasteiger partial charge in [-0.2, -0.15) is 0 Å². The van der Waals surface area contributed by atoms with Crippen LogP contribution < -0.4 is 10.1 Å². The number of carbonyl (C=O) groups is 5. The fourth-order valence-corrected chi connectivity index (χ4v) is 9.08. The summed E-state index contributed by atoms with van der Waals surface area (Å²) in [6.45, 7) is 6.11. The number of aliphatic hydroxyl groups excluding tert-OH is 1. The summed E-state index contributed by atoms with van der Waals surface area (Å²) in [4.78, 5) is 70.9. The zero-order valence-corrected chi connectivity index (χ0v) is 33.8. The lowest BCUT2D eigenvalue weighted by Crippen LogP contribution is -2.68. The molecule has 5 aliphatic rings. The number of phenols is 2. The van der Waals surface area contributed by atoms with Crippen LogP contribution in [-0.2, 0) is 39.8 Å². The van der Waals surface area contributed by atoms with Crippen LogP contribution in [0.15, 0.2) is 18.2 Å². The van der Waals surface area contributed by atoms with E-state index in [4.69, 9.17) is 35.9 Å². The maximum absolute atomic E-state index is 14.1. The Balaban J connectivity index is 1.27. The van der Waals surface area contributed by atoms with Crippen molar-refractivity contribution in [2.24, 2.45) is 5.92 Å². The number of methoxy groups -OCH3 is 1. The highest BCUT2D eigenvalue weighted by molar-refractivity contribution is 7.80. The monoisotopic (exact) mass is 825 g/mol. The number of phenolic OH excluding ortho intramolecular Hbond substituents is 2. The van der Waals surface area contributed by atoms with E-state index in [1.807, 2.05) is 0 Å². The van der Waals surface area contributed by atoms with Gasteiger partial charge in [0.1, 0.15) is 34.9 Å². The first-order chi connectivity index (χ1) is 27.3. The average molecular weight is 826 g/mol. The van der Waals surface area contributed by atoms with Crippen molar-refractivity contribution in [1.82, 2.24) is 15.1 Å². The van der Waals surface area contributed by atoms with Gasteiger partial charge >= 0.3 is 0 Å². The molecule has 3 heterocycles. The van der Waals surface area contributed by atoms with Crippen LogP contribution in [0.3, 0.4) is 0 Å². The van der Waals surface area contributed by atoms with Gasteiger partial charge in [-0.25, -0.2) is 0 Å². The van der Waals surface area contributed by atoms with Gasteiger partial charge < -0.3 is 49.4 Å². The quantitative estimate of drug-likeness (QED) is 0.129. The molecule has 10 atom stereocenters. The number of rotatable bonds is 7. The minimum atomic E-state index is -2.13. The van der Waals surface area contributed by atoms with Crippen LogP contribution in [-0.4, -0.2) is 140 Å². The number of nitrogens with one attached hydrogen (secondary N) is 1. The molecule has 58 heavy (non-hydrogen) atoms. The van der Waals surface area contributed by atoms with Gasteiger partial charge in [-0.3, -0.25) is 33.8 Å². The zero-order chi connectivity index (χ0) is 42.3. The highest BCUT2D eigenvalue weighted by Gasteiger charge is 2.53. The van der Waals surface area contributed by atoms with E-state index < -0.39 is 131 Å². The maximum Gasteiger partial charge on any atom is 0.242 e. The van der Waals surface area contributed by atoms with Gasteiger partial charge in [-0.05, 0) is 46.0 Å². The molecule has 0 radical (unpaired) electrons. The third-order valence-electron chi connectivity index (χ3n) is 12.0. The molecular weight excluding hydrogens is 779 g/mol. The Hall–Kier alpha value is -4.40. The topological polar surface area (TPSA) is 231 Å². The summed E-state index contributed by atoms with van der Waals surface area (Å²) in [6.07, 6.45) is -7.69. The van der Waals surface area contributed by atoms with Crippen molar-refractivity contribution >= 4 is 46.5 Å². The van der Waals surface area contributed by atoms with Gasteiger partial charge in [0.15, 0.2) is 29.3 Å². The lowest BCUT2D eigenvalue weighted by atomic mass is 9.72. The van der Waals surface area contributed by atoms with E-state index in [1.165, 1.54) is 49.2 Å². The van der Waals surface area contributed by atoms with E-state index >= 15 is 0 Å². The van der Waals surface area contributed by atoms with Crippen LogP contribution in [0.5, 0.6) is 17.2 Å². The molecule has 3 aliphatic heterocycles. The summed E-state index contributed by atoms with van der Waals surface area (Å²) < 4.78 is 30.8. The third-order valence-corrected chi connectivity index (χ3v) is 12.5. The molecule has 3 saturated heterocycles. The first kappa shape index (κ1) is 41.7. The summed E-state index contributed by atoms with van der Waals surface area (Å²) in [5, 5.41) is 49.2. The Labute approximate surface area is 339 Å². The predicted molar refractivity (Wildman–Crippen MR) is 204 cm³/mol. The standard InChI is InChI=1S/C40H47N3O14S/c1-15(44)11-24-54-16(2)31(30-37(50)42(5)39(58)43(6)38(30)51)41-21-12-25(55-17(3)36(21)57-24)56-23-14-40(52,18(4)45)13-20-27(23)35(49)29-28(33(20)47)32(46)19-9-8-10-22(53-7)26(19)34(29)48/h8-10,15-17,21,23-25,30-31,36,41,44,47,49,52H,11-14H2,1-7H3/t15?,16?,17?,21?,23-,24?,25?,31?,36?,40-/m0/s1. The molecule has 8 unspecified atom stereocenters. The molecule has 312 valence electrons. The number of aliphatic hydroxyl groups is 2. The van der Waals surface area contributed by atoms with Crippen molar-refractivity contribution in [2.45, 2.75) is 114 Å². The molecule has 2 aromatic carbocycles. The van der Waals surface area contributed by atoms with E-state index in [9.17, 15) is 44.4 Å². The maximum atomic E-state index is 14.1. The lowest BCUT2D eigenvalue weighted by molar-refractivity contribution is -0.298. The second kappa shape index (κ2) is 15.3. The van der Waals surface area contributed by atoms with E-state index in [-0.39, 0.29) is 46.0 Å². The largest absolute Gasteiger partial charge is 0.507 e. The van der Waals surface area contributed by atoms with Crippen LogP contribution in [0.1, 0.15) is 96.0 Å². The summed E-state index contributed by atoms with van der Waals surface area (Å²) >= 11 is 5.32. The van der Waals surface area contributed by atoms with Crippen LogP contribution in [0.2, 0.25) is 0 Å². The first-order valence-electron chi connectivity index (χ1n) is 19.0. The summed E-state index contributed by atoms with van der Waals surface area (Å²) in [5.41, 5.74) is -3.52. The van der Waals surface area contributed by atoms with Crippen molar-refractivity contribution in [2.75, 3.05) is 21.2 Å². The summed E-state index contributed by atoms with van der Waals surface area (Å²) in [6, 6.07) is 2.73. The Kier molecular flexibility index (Phi) is 11.0. The Morgan fingerprint density at radius 2 is 1.66 bits per heavy atom. The number of hydrogen-bond acceptors (Lipinski definition) is 16. The summed E-state index contributed by atoms with van der Waals surface area (Å²) in [5.74, 6) is -5.88. The number of nitrogens with zero attached hydrogens (tertiary/aromatic N) is 2. The van der Waals surface area contributed by atoms with Crippen molar-refractivity contribution in [1.29, 1.82) is 0 Å². The number of ether oxygens (including phenoxy) is 5. The molecule has 2 amide bonds. The lowest BCUT2D eigenvalue weighted by Gasteiger charge is -2.49. The fraction of sp³-hybridized carbons (Fsp3) is 0.550. The van der Waals surface area contributed by atoms with Gasteiger partial charge in [0.05, 0.1) is 54.3 Å². The number of aromatic hydroxyl groups is 2. The first-order valence-corrected chi connectivity index (χ1v) is 19.5. The van der Waals surface area contributed by atoms with Gasteiger partial charge in [0.25, 0.3) is 0 Å². The van der Waals surface area contributed by atoms with Crippen molar-refractivity contribution < 1.29 is 68.1 Å². The number of ketones is 3. The SMILES string of the molecule is COc1cccc2c1C(=O)c1c(O)c3c(c(O)c1C2=O)C[C@@](O)(C(C)=O)C[C@@H]3OC1CC2NC(C3C(=O)N(C)C(=S)N(C)C3=O)C(C)OC(CC(C)O)OC2C(C)O1. The van der Waals surface area contributed by atoms with Crippen LogP contribution in [0.4, 0.5) is 0 Å². The smallest absolute Gasteiger partial charge is 0.242 e. The molecule has 5 N–H and O–H groups in total. The summed E-state index contributed by atoms with van der Waals surface area (Å²) in [7, 11) is 4.28. The molecule has 0 saturated carbocycles. The van der Waals surface area contributed by atoms with E-state index in [0.29, 0.717) is 0 Å². The number of thiocarbonyl (C=S) groups is 1. The number of carbonyl (C=O) groups excluding carboxylic acids is 5. The molecule has 0 aromatic heterocycles. The van der Waals surface area contributed by atoms with Crippen LogP contribution in [0.25, 0.3) is 0 Å². The van der Waals surface area contributed by atoms with Crippen molar-refractivity contribution in [3.63, 3.8) is 0 Å². The fourth-order valence-electron chi connectivity index (χ4n) is 8.90. The Morgan fingerprint density at radius 1 is 1.00 bits per heavy atom. The van der Waals surface area contributed by atoms with Crippen LogP contribution in [0, 0.1) is 5.92 Å². The highest BCUT2D eigenvalue weighted by atomic mass is 32.1. The van der Waals surface area contributed by atoms with Gasteiger partial charge in [-0.15, -0.1) is 0 Å². The molecular formula is C40H47N3O14S. The minimum Gasteiger partial charge on any atom is -0.507 e. The second-order valence-corrected chi connectivity index (χ2v) is 16.2. The number of amides is 2. The number of hydrogen-bond donors (Lipinski definition) is 5. The molecule has 2 aliphatic carbocycles. The zero-order valence-electron chi connectivity index (χ0n) is 33.0. The predicted octanol–water partition coefficient (Wildman–Crippen LogP) is 1.40. The van der Waals surface area contributed by atoms with Crippen LogP contribution >= 0.6 is 12.2 Å². The molecule has 3 fully saturated rings. The molecule has 0 spiro atoms. The van der Waals surface area contributed by atoms with Crippen molar-refractivity contribution in [3.8, 4) is 17.2 Å². The van der Waals surface area contributed by atoms with Gasteiger partial charge in [0, 0.05) is 62.5 Å². The number of Topliss-reactive ketones (excluding diaryl/α,β-unsaturated/α-hetero) is 1. The molecule has 0 bridgehead atoms. The minimum absolute atomic E-state index is 0.0250. The van der Waals surface area contributed by atoms with Gasteiger partial charge in [-0.1, -0.05) is 12.1 Å². The van der Waals surface area contributed by atoms with E-state index in [0.717, 1.165) is 6.92 Å². The second-order valence-electron chi connectivity index (χ2n) is 15.8. The average Bonchev–Trinajstić information content (AvgIpc) is 3.16. The number of benzene rings is 2. The normalized spacial score (nSPS) is 32.1. The molecule has 17 nitrogen and oxygen atoms in total. The molecule has 7 rings (SSSR count).